The smallest absolute Gasteiger partial charge is 0.123 e. The highest BCUT2D eigenvalue weighted by atomic mass is 35.5. The number of benzene rings is 1. The van der Waals surface area contributed by atoms with E-state index in [1.54, 1.807) is 0 Å². The van der Waals surface area contributed by atoms with Crippen LogP contribution in [-0.2, 0) is 6.42 Å². The summed E-state index contributed by atoms with van der Waals surface area (Å²) in [5.41, 5.74) is 1.18. The van der Waals surface area contributed by atoms with E-state index in [-0.39, 0.29) is 18.2 Å². The lowest BCUT2D eigenvalue weighted by atomic mass is 10.1. The zero-order valence-corrected chi connectivity index (χ0v) is 10.6. The Bertz CT molecular complexity index is 266. The Labute approximate surface area is 101 Å². The topological polar surface area (TPSA) is 12.0 Å². The number of hydrogen-bond acceptors (Lipinski definition) is 2. The van der Waals surface area contributed by atoms with Crippen molar-refractivity contribution in [1.82, 2.24) is 5.32 Å². The predicted molar refractivity (Wildman–Crippen MR) is 68.6 cm³/mol. The van der Waals surface area contributed by atoms with Crippen molar-refractivity contribution >= 4 is 24.2 Å². The second kappa shape index (κ2) is 7.97. The number of hydrogen-bond donors (Lipinski definition) is 1. The first-order valence-electron chi connectivity index (χ1n) is 4.67. The van der Waals surface area contributed by atoms with Crippen molar-refractivity contribution in [3.05, 3.63) is 35.6 Å². The van der Waals surface area contributed by atoms with Crippen LogP contribution in [0.5, 0.6) is 0 Å². The molecule has 1 aromatic carbocycles. The average Bonchev–Trinajstić information content (AvgIpc) is 2.20. The molecule has 0 fully saturated rings. The molecular weight excluding hydrogens is 233 g/mol. The van der Waals surface area contributed by atoms with E-state index in [1.165, 1.54) is 17.7 Å². The maximum Gasteiger partial charge on any atom is 0.123 e. The maximum atomic E-state index is 12.6. The van der Waals surface area contributed by atoms with Gasteiger partial charge < -0.3 is 5.32 Å². The Balaban J connectivity index is 0.00000196. The molecule has 1 N–H and O–H groups in total. The molecule has 0 radical (unpaired) electrons. The van der Waals surface area contributed by atoms with Crippen molar-refractivity contribution in [2.24, 2.45) is 0 Å². The van der Waals surface area contributed by atoms with Gasteiger partial charge in [0.1, 0.15) is 5.82 Å². The van der Waals surface area contributed by atoms with Gasteiger partial charge in [0.05, 0.1) is 0 Å². The molecule has 0 aliphatic rings. The lowest BCUT2D eigenvalue weighted by Gasteiger charge is -2.14. The molecule has 86 valence electrons. The normalized spacial score (nSPS) is 11.9. The summed E-state index contributed by atoms with van der Waals surface area (Å²) in [5, 5.41) is 3.25. The van der Waals surface area contributed by atoms with Gasteiger partial charge in [0.25, 0.3) is 0 Å². The molecule has 0 spiro atoms. The largest absolute Gasteiger partial charge is 0.316 e. The monoisotopic (exact) mass is 249 g/mol. The first-order chi connectivity index (χ1) is 6.76. The molecule has 0 bridgehead atoms. The zero-order valence-electron chi connectivity index (χ0n) is 9.00. The van der Waals surface area contributed by atoms with Crippen molar-refractivity contribution in [3.8, 4) is 0 Å². The SMILES string of the molecule is CNC(CSC)Cc1ccc(F)cc1.Cl. The Morgan fingerprint density at radius 2 is 1.93 bits per heavy atom. The third kappa shape index (κ3) is 5.40. The van der Waals surface area contributed by atoms with E-state index in [2.05, 4.69) is 11.6 Å². The van der Waals surface area contributed by atoms with Crippen LogP contribution in [0, 0.1) is 5.82 Å². The van der Waals surface area contributed by atoms with Gasteiger partial charge in [-0.1, -0.05) is 12.1 Å². The number of rotatable bonds is 5. The highest BCUT2D eigenvalue weighted by molar-refractivity contribution is 7.98. The van der Waals surface area contributed by atoms with E-state index in [4.69, 9.17) is 0 Å². The molecule has 1 atom stereocenters. The van der Waals surface area contributed by atoms with Gasteiger partial charge in [-0.3, -0.25) is 0 Å². The molecule has 0 heterocycles. The van der Waals surface area contributed by atoms with Crippen LogP contribution in [0.4, 0.5) is 4.39 Å². The predicted octanol–water partition coefficient (Wildman–Crippen LogP) is 2.74. The summed E-state index contributed by atoms with van der Waals surface area (Å²) >= 11 is 1.82. The van der Waals surface area contributed by atoms with Gasteiger partial charge in [-0.2, -0.15) is 11.8 Å². The van der Waals surface area contributed by atoms with Gasteiger partial charge in [0, 0.05) is 11.8 Å². The van der Waals surface area contributed by atoms with Crippen molar-refractivity contribution < 1.29 is 4.39 Å². The number of likely N-dealkylation sites (N-methyl/N-ethyl adjacent to an activating group) is 1. The van der Waals surface area contributed by atoms with Crippen LogP contribution in [0.2, 0.25) is 0 Å². The second-order valence-electron chi connectivity index (χ2n) is 3.27. The van der Waals surface area contributed by atoms with Gasteiger partial charge in [0.2, 0.25) is 0 Å². The van der Waals surface area contributed by atoms with Crippen molar-refractivity contribution in [1.29, 1.82) is 0 Å². The Kier molecular flexibility index (Phi) is 7.83. The van der Waals surface area contributed by atoms with Crippen molar-refractivity contribution in [2.75, 3.05) is 19.1 Å². The molecule has 1 aromatic rings. The zero-order chi connectivity index (χ0) is 10.4. The minimum Gasteiger partial charge on any atom is -0.316 e. The van der Waals surface area contributed by atoms with Crippen LogP contribution in [0.25, 0.3) is 0 Å². The lowest BCUT2D eigenvalue weighted by molar-refractivity contribution is 0.610. The van der Waals surface area contributed by atoms with Crippen LogP contribution in [0.1, 0.15) is 5.56 Å². The molecule has 0 saturated heterocycles. The second-order valence-corrected chi connectivity index (χ2v) is 4.18. The number of halogens is 2. The number of thioether (sulfide) groups is 1. The highest BCUT2D eigenvalue weighted by Gasteiger charge is 2.05. The molecule has 0 saturated carbocycles. The Morgan fingerprint density at radius 1 is 1.33 bits per heavy atom. The summed E-state index contributed by atoms with van der Waals surface area (Å²) in [6.45, 7) is 0. The Morgan fingerprint density at radius 3 is 2.40 bits per heavy atom. The minimum absolute atomic E-state index is 0. The lowest BCUT2D eigenvalue weighted by Crippen LogP contribution is -2.29. The molecule has 0 amide bonds. The van der Waals surface area contributed by atoms with Crippen LogP contribution in [0.15, 0.2) is 24.3 Å². The molecule has 1 unspecified atom stereocenters. The van der Waals surface area contributed by atoms with E-state index in [0.29, 0.717) is 6.04 Å². The van der Waals surface area contributed by atoms with Gasteiger partial charge in [-0.15, -0.1) is 12.4 Å². The summed E-state index contributed by atoms with van der Waals surface area (Å²) in [7, 11) is 1.96. The van der Waals surface area contributed by atoms with E-state index in [9.17, 15) is 4.39 Å². The summed E-state index contributed by atoms with van der Waals surface area (Å²) in [4.78, 5) is 0. The molecule has 4 heteroatoms. The van der Waals surface area contributed by atoms with E-state index >= 15 is 0 Å². The molecule has 15 heavy (non-hydrogen) atoms. The summed E-state index contributed by atoms with van der Waals surface area (Å²) in [6, 6.07) is 7.19. The van der Waals surface area contributed by atoms with E-state index in [1.807, 2.05) is 30.9 Å². The fourth-order valence-electron chi connectivity index (χ4n) is 1.35. The fourth-order valence-corrected chi connectivity index (χ4v) is 2.04. The maximum absolute atomic E-state index is 12.6. The van der Waals surface area contributed by atoms with Gasteiger partial charge in [0.15, 0.2) is 0 Å². The molecule has 0 aromatic heterocycles. The summed E-state index contributed by atoms with van der Waals surface area (Å²) in [5.74, 6) is 0.910. The first-order valence-corrected chi connectivity index (χ1v) is 6.06. The Hall–Kier alpha value is -0.250. The third-order valence-corrected chi connectivity index (χ3v) is 2.91. The average molecular weight is 250 g/mol. The molecule has 1 rings (SSSR count). The number of nitrogens with one attached hydrogen (secondary N) is 1. The van der Waals surface area contributed by atoms with E-state index < -0.39 is 0 Å². The van der Waals surface area contributed by atoms with Gasteiger partial charge >= 0.3 is 0 Å². The molecule has 1 nitrogen and oxygen atoms in total. The van der Waals surface area contributed by atoms with Crippen LogP contribution in [0.3, 0.4) is 0 Å². The third-order valence-electron chi connectivity index (χ3n) is 2.17. The minimum atomic E-state index is -0.167. The standard InChI is InChI=1S/C11H16FNS.ClH/c1-13-11(8-14-2)7-9-3-5-10(12)6-4-9;/h3-6,11,13H,7-8H2,1-2H3;1H. The molecule has 0 aliphatic heterocycles. The quantitative estimate of drug-likeness (QED) is 0.861. The van der Waals surface area contributed by atoms with Crippen LogP contribution >= 0.6 is 24.2 Å². The van der Waals surface area contributed by atoms with Gasteiger partial charge in [-0.05, 0) is 37.4 Å². The summed E-state index contributed by atoms with van der Waals surface area (Å²) < 4.78 is 12.6. The van der Waals surface area contributed by atoms with Gasteiger partial charge in [-0.25, -0.2) is 4.39 Å². The summed E-state index contributed by atoms with van der Waals surface area (Å²) in [6.07, 6.45) is 3.05. The molecular formula is C11H17ClFNS. The van der Waals surface area contributed by atoms with Crippen molar-refractivity contribution in [3.63, 3.8) is 0 Å². The first kappa shape index (κ1) is 14.8. The van der Waals surface area contributed by atoms with Crippen LogP contribution < -0.4 is 5.32 Å². The van der Waals surface area contributed by atoms with E-state index in [0.717, 1.165) is 12.2 Å². The highest BCUT2D eigenvalue weighted by Crippen LogP contribution is 2.08. The fraction of sp³-hybridized carbons (Fsp3) is 0.455. The van der Waals surface area contributed by atoms with Crippen molar-refractivity contribution in [2.45, 2.75) is 12.5 Å². The van der Waals surface area contributed by atoms with Crippen LogP contribution in [-0.4, -0.2) is 25.1 Å². The molecule has 0 aliphatic carbocycles.